The van der Waals surface area contributed by atoms with E-state index in [-0.39, 0.29) is 12.7 Å². The van der Waals surface area contributed by atoms with E-state index in [0.29, 0.717) is 19.6 Å². The van der Waals surface area contributed by atoms with Crippen LogP contribution in [0.3, 0.4) is 0 Å². The lowest BCUT2D eigenvalue weighted by atomic mass is 10.2. The lowest BCUT2D eigenvalue weighted by molar-refractivity contribution is -0.131. The van der Waals surface area contributed by atoms with Crippen molar-refractivity contribution in [3.63, 3.8) is 0 Å². The Morgan fingerprint density at radius 2 is 1.94 bits per heavy atom. The molecule has 1 fully saturated rings. The maximum absolute atomic E-state index is 13.0. The molecule has 3 heterocycles. The van der Waals surface area contributed by atoms with Crippen molar-refractivity contribution in [3.05, 3.63) is 47.4 Å². The maximum atomic E-state index is 13.0. The lowest BCUT2D eigenvalue weighted by Crippen LogP contribution is -2.39. The number of carbonyl (C=O) groups excluding carboxylic acids is 1. The van der Waals surface area contributed by atoms with Crippen LogP contribution in [0.2, 0.25) is 0 Å². The first-order valence-electron chi connectivity index (χ1n) is 10.9. The van der Waals surface area contributed by atoms with Gasteiger partial charge < -0.3 is 28.8 Å². The van der Waals surface area contributed by atoms with Crippen molar-refractivity contribution < 1.29 is 23.4 Å². The number of nitrogens with zero attached hydrogens (tertiary/aromatic N) is 2. The number of hydrogen-bond donors (Lipinski definition) is 1. The smallest absolute Gasteiger partial charge is 0.237 e. The normalized spacial score (nSPS) is 15.9. The Balaban J connectivity index is 1.30. The molecule has 0 radical (unpaired) electrons. The van der Waals surface area contributed by atoms with Crippen LogP contribution in [-0.2, 0) is 22.6 Å². The number of aryl methyl sites for hydroxylation is 1. The molecule has 1 aromatic carbocycles. The zero-order chi connectivity index (χ0) is 21.5. The highest BCUT2D eigenvalue weighted by atomic mass is 16.7. The third-order valence-electron chi connectivity index (χ3n) is 5.51. The number of fused-ring (bicyclic) bond motifs is 1. The third-order valence-corrected chi connectivity index (χ3v) is 5.51. The van der Waals surface area contributed by atoms with E-state index in [2.05, 4.69) is 10.2 Å². The van der Waals surface area contributed by atoms with Crippen molar-refractivity contribution in [1.82, 2.24) is 15.1 Å². The monoisotopic (exact) mass is 429 g/mol. The first kappa shape index (κ1) is 21.7. The van der Waals surface area contributed by atoms with E-state index < -0.39 is 0 Å². The molecule has 4 rings (SSSR count). The Morgan fingerprint density at radius 3 is 2.74 bits per heavy atom. The van der Waals surface area contributed by atoms with Gasteiger partial charge in [-0.3, -0.25) is 9.69 Å². The van der Waals surface area contributed by atoms with Crippen LogP contribution < -0.4 is 14.8 Å². The number of morpholine rings is 1. The van der Waals surface area contributed by atoms with Gasteiger partial charge in [0.15, 0.2) is 11.5 Å². The second-order valence-electron chi connectivity index (χ2n) is 7.93. The Labute approximate surface area is 183 Å². The Hall–Kier alpha value is -2.55. The molecule has 2 aromatic rings. The first-order chi connectivity index (χ1) is 15.2. The molecule has 0 spiro atoms. The van der Waals surface area contributed by atoms with E-state index in [4.69, 9.17) is 18.6 Å². The fourth-order valence-corrected chi connectivity index (χ4v) is 3.81. The van der Waals surface area contributed by atoms with Crippen LogP contribution in [0.1, 0.15) is 23.5 Å². The second-order valence-corrected chi connectivity index (χ2v) is 7.93. The zero-order valence-electron chi connectivity index (χ0n) is 18.1. The quantitative estimate of drug-likeness (QED) is 0.580. The average Bonchev–Trinajstić information content (AvgIpc) is 3.42. The van der Waals surface area contributed by atoms with Gasteiger partial charge in [0.25, 0.3) is 0 Å². The van der Waals surface area contributed by atoms with Crippen LogP contribution in [0, 0.1) is 6.92 Å². The number of ether oxygens (including phenoxy) is 3. The molecule has 31 heavy (non-hydrogen) atoms. The number of benzene rings is 1. The lowest BCUT2D eigenvalue weighted by Gasteiger charge is -2.26. The molecule has 0 unspecified atom stereocenters. The van der Waals surface area contributed by atoms with Crippen LogP contribution in [0.5, 0.6) is 11.5 Å². The minimum Gasteiger partial charge on any atom is -0.464 e. The summed E-state index contributed by atoms with van der Waals surface area (Å²) in [6, 6.07) is 9.64. The van der Waals surface area contributed by atoms with E-state index in [1.165, 1.54) is 0 Å². The minimum atomic E-state index is 0.0399. The van der Waals surface area contributed by atoms with Crippen molar-refractivity contribution in [2.45, 2.75) is 26.4 Å². The second kappa shape index (κ2) is 10.7. The largest absolute Gasteiger partial charge is 0.464 e. The van der Waals surface area contributed by atoms with Gasteiger partial charge in [0.2, 0.25) is 12.7 Å². The van der Waals surface area contributed by atoms with E-state index in [1.807, 2.05) is 42.2 Å². The van der Waals surface area contributed by atoms with Crippen LogP contribution >= 0.6 is 0 Å². The molecule has 2 aliphatic rings. The molecular formula is C23H31N3O5. The van der Waals surface area contributed by atoms with E-state index >= 15 is 0 Å². The summed E-state index contributed by atoms with van der Waals surface area (Å²) in [5.41, 5.74) is 0.994. The SMILES string of the molecule is Cc1ccc(CN(Cc2ccc3c(c2)OCO3)C(=O)CNCCCN2CCOCC2)o1. The predicted molar refractivity (Wildman–Crippen MR) is 115 cm³/mol. The van der Waals surface area contributed by atoms with Gasteiger partial charge in [-0.2, -0.15) is 0 Å². The summed E-state index contributed by atoms with van der Waals surface area (Å²) in [5.74, 6) is 3.12. The molecule has 1 saturated heterocycles. The van der Waals surface area contributed by atoms with Gasteiger partial charge in [-0.05, 0) is 56.3 Å². The minimum absolute atomic E-state index is 0.0399. The van der Waals surface area contributed by atoms with Crippen LogP contribution in [0.25, 0.3) is 0 Å². The van der Waals surface area contributed by atoms with Crippen molar-refractivity contribution >= 4 is 5.91 Å². The summed E-state index contributed by atoms with van der Waals surface area (Å²) in [7, 11) is 0. The summed E-state index contributed by atoms with van der Waals surface area (Å²) < 4.78 is 22.0. The van der Waals surface area contributed by atoms with Gasteiger partial charge in [-0.15, -0.1) is 0 Å². The first-order valence-corrected chi connectivity index (χ1v) is 10.9. The fraction of sp³-hybridized carbons (Fsp3) is 0.522. The average molecular weight is 430 g/mol. The molecule has 0 saturated carbocycles. The molecule has 1 aromatic heterocycles. The molecule has 0 bridgehead atoms. The van der Waals surface area contributed by atoms with Crippen LogP contribution in [0.4, 0.5) is 0 Å². The highest BCUT2D eigenvalue weighted by molar-refractivity contribution is 5.78. The van der Waals surface area contributed by atoms with Gasteiger partial charge in [0.05, 0.1) is 26.3 Å². The molecular weight excluding hydrogens is 398 g/mol. The highest BCUT2D eigenvalue weighted by Crippen LogP contribution is 2.33. The number of nitrogens with one attached hydrogen (secondary N) is 1. The summed E-state index contributed by atoms with van der Waals surface area (Å²) in [6.07, 6.45) is 1.01. The van der Waals surface area contributed by atoms with Gasteiger partial charge >= 0.3 is 0 Å². The van der Waals surface area contributed by atoms with Gasteiger partial charge in [0, 0.05) is 19.6 Å². The van der Waals surface area contributed by atoms with Gasteiger partial charge in [-0.1, -0.05) is 6.07 Å². The Bertz CT molecular complexity index is 863. The number of furan rings is 1. The summed E-state index contributed by atoms with van der Waals surface area (Å²) >= 11 is 0. The van der Waals surface area contributed by atoms with Crippen molar-refractivity contribution in [3.8, 4) is 11.5 Å². The number of amides is 1. The standard InChI is InChI=1S/C23H31N3O5/c1-18-3-5-20(31-18)16-26(15-19-4-6-21-22(13-19)30-17-29-21)23(27)14-24-7-2-8-25-9-11-28-12-10-25/h3-6,13,24H,2,7-12,14-17H2,1H3. The van der Waals surface area contributed by atoms with E-state index in [9.17, 15) is 4.79 Å². The number of hydrogen-bond acceptors (Lipinski definition) is 7. The van der Waals surface area contributed by atoms with Gasteiger partial charge in [-0.25, -0.2) is 0 Å². The molecule has 1 amide bonds. The molecule has 168 valence electrons. The summed E-state index contributed by atoms with van der Waals surface area (Å²) in [5, 5.41) is 3.30. The zero-order valence-corrected chi connectivity index (χ0v) is 18.1. The Kier molecular flexibility index (Phi) is 7.45. The summed E-state index contributed by atoms with van der Waals surface area (Å²) in [6.45, 7) is 8.78. The molecule has 8 heteroatoms. The predicted octanol–water partition coefficient (Wildman–Crippen LogP) is 2.16. The Morgan fingerprint density at radius 1 is 1.10 bits per heavy atom. The molecule has 0 atom stereocenters. The van der Waals surface area contributed by atoms with Crippen LogP contribution in [-0.4, -0.2) is 68.4 Å². The highest BCUT2D eigenvalue weighted by Gasteiger charge is 2.19. The molecule has 1 N–H and O–H groups in total. The van der Waals surface area contributed by atoms with E-state index in [1.54, 1.807) is 0 Å². The number of carbonyl (C=O) groups is 1. The van der Waals surface area contributed by atoms with Crippen molar-refractivity contribution in [1.29, 1.82) is 0 Å². The fourth-order valence-electron chi connectivity index (χ4n) is 3.81. The molecule has 2 aliphatic heterocycles. The van der Waals surface area contributed by atoms with E-state index in [0.717, 1.165) is 74.4 Å². The van der Waals surface area contributed by atoms with Crippen molar-refractivity contribution in [2.24, 2.45) is 0 Å². The topological polar surface area (TPSA) is 76.4 Å². The molecule has 0 aliphatic carbocycles. The van der Waals surface area contributed by atoms with Crippen molar-refractivity contribution in [2.75, 3.05) is 52.7 Å². The maximum Gasteiger partial charge on any atom is 0.237 e. The third kappa shape index (κ3) is 6.22. The summed E-state index contributed by atoms with van der Waals surface area (Å²) in [4.78, 5) is 17.2. The van der Waals surface area contributed by atoms with Crippen LogP contribution in [0.15, 0.2) is 34.7 Å². The number of rotatable bonds is 10. The molecule has 8 nitrogen and oxygen atoms in total. The van der Waals surface area contributed by atoms with Gasteiger partial charge in [0.1, 0.15) is 11.5 Å².